The third kappa shape index (κ3) is 17.3. The van der Waals surface area contributed by atoms with Crippen molar-refractivity contribution in [2.75, 3.05) is 13.2 Å². The Bertz CT molecular complexity index is 2410. The first-order valence-electron chi connectivity index (χ1n) is 30.2. The van der Waals surface area contributed by atoms with Gasteiger partial charge in [-0.1, -0.05) is 198 Å². The van der Waals surface area contributed by atoms with E-state index in [1.165, 1.54) is 92.9 Å². The summed E-state index contributed by atoms with van der Waals surface area (Å²) in [5.41, 5.74) is 7.15. The van der Waals surface area contributed by atoms with Crippen molar-refractivity contribution < 1.29 is 38.1 Å². The van der Waals surface area contributed by atoms with Gasteiger partial charge in [-0.2, -0.15) is 0 Å². The zero-order valence-corrected chi connectivity index (χ0v) is 49.9. The van der Waals surface area contributed by atoms with Crippen LogP contribution in [0.25, 0.3) is 0 Å². The first-order valence-corrected chi connectivity index (χ1v) is 33.2. The molecule has 4 aromatic rings. The molecule has 4 aliphatic rings. The first kappa shape index (κ1) is 60.2. The van der Waals surface area contributed by atoms with Gasteiger partial charge in [-0.25, -0.2) is 9.59 Å². The fourth-order valence-corrected chi connectivity index (χ4v) is 14.5. The smallest absolute Gasteiger partial charge is 0.344 e. The number of carbonyl (C=O) groups is 2. The summed E-state index contributed by atoms with van der Waals surface area (Å²) >= 11 is 0. The normalized spacial score (nSPS) is 23.2. The number of fused-ring (bicyclic) bond motifs is 4. The number of esters is 2. The number of benzene rings is 4. The minimum Gasteiger partial charge on any atom is -0.482 e. The summed E-state index contributed by atoms with van der Waals surface area (Å²) in [6.45, 7) is 21.7. The van der Waals surface area contributed by atoms with Crippen LogP contribution < -0.4 is 9.47 Å². The van der Waals surface area contributed by atoms with Crippen molar-refractivity contribution in [2.24, 2.45) is 47.3 Å². The van der Waals surface area contributed by atoms with Crippen LogP contribution in [0.3, 0.4) is 0 Å². The molecule has 77 heavy (non-hydrogen) atoms. The van der Waals surface area contributed by atoms with Crippen molar-refractivity contribution >= 4 is 20.3 Å². The number of unbranched alkanes of at least 4 members (excludes halogenated alkanes) is 4. The van der Waals surface area contributed by atoms with Crippen LogP contribution >= 0.6 is 0 Å². The zero-order chi connectivity index (χ0) is 55.0. The third-order valence-corrected chi connectivity index (χ3v) is 23.2. The van der Waals surface area contributed by atoms with Crippen LogP contribution in [0.5, 0.6) is 11.5 Å². The Kier molecular flexibility index (Phi) is 22.8. The lowest BCUT2D eigenvalue weighted by molar-refractivity contribution is -0.148. The van der Waals surface area contributed by atoms with Crippen molar-refractivity contribution in [3.05, 3.63) is 130 Å². The molecule has 0 amide bonds. The van der Waals surface area contributed by atoms with Gasteiger partial charge in [0.25, 0.3) is 0 Å². The van der Waals surface area contributed by atoms with Gasteiger partial charge in [-0.05, 0) is 162 Å². The van der Waals surface area contributed by atoms with Crippen LogP contribution in [-0.2, 0) is 62.4 Å². The summed E-state index contributed by atoms with van der Waals surface area (Å²) in [5.74, 6) is 5.78. The molecule has 0 saturated heterocycles. The zero-order valence-electron chi connectivity index (χ0n) is 48.9. The van der Waals surface area contributed by atoms with Gasteiger partial charge in [0.1, 0.15) is 24.7 Å². The maximum atomic E-state index is 12.5. The lowest BCUT2D eigenvalue weighted by Crippen LogP contribution is -2.45. The van der Waals surface area contributed by atoms with E-state index in [2.05, 4.69) is 79.8 Å². The molecule has 9 heteroatoms. The van der Waals surface area contributed by atoms with Crippen LogP contribution in [-0.4, -0.2) is 50.8 Å². The second kappa shape index (κ2) is 29.1. The van der Waals surface area contributed by atoms with E-state index in [0.717, 1.165) is 79.4 Å². The van der Waals surface area contributed by atoms with Crippen LogP contribution in [0.1, 0.15) is 172 Å². The number of rotatable bonds is 26. The van der Waals surface area contributed by atoms with Gasteiger partial charge < -0.3 is 28.5 Å². The predicted octanol–water partition coefficient (Wildman–Crippen LogP) is 16.1. The highest BCUT2D eigenvalue weighted by Gasteiger charge is 2.50. The van der Waals surface area contributed by atoms with Crippen LogP contribution in [0.2, 0.25) is 18.1 Å². The number of aliphatic hydroxyl groups excluding tert-OH is 1. The minimum atomic E-state index is -1.88. The van der Waals surface area contributed by atoms with Gasteiger partial charge in [0, 0.05) is 6.10 Å². The topological polar surface area (TPSA) is 101 Å². The summed E-state index contributed by atoms with van der Waals surface area (Å²) in [4.78, 5) is 24.7. The third-order valence-electron chi connectivity index (χ3n) is 18.7. The van der Waals surface area contributed by atoms with Gasteiger partial charge in [-0.15, -0.1) is 0 Å². The van der Waals surface area contributed by atoms with Crippen molar-refractivity contribution in [1.29, 1.82) is 0 Å². The summed E-state index contributed by atoms with van der Waals surface area (Å²) in [6.07, 6.45) is 21.7. The van der Waals surface area contributed by atoms with E-state index in [1.807, 2.05) is 78.9 Å². The van der Waals surface area contributed by atoms with Crippen LogP contribution in [0.15, 0.2) is 97.1 Å². The molecule has 0 radical (unpaired) electrons. The Morgan fingerprint density at radius 2 is 1.04 bits per heavy atom. The molecular weight excluding hydrogens is 973 g/mol. The molecule has 0 aromatic heterocycles. The average molecular weight is 1070 g/mol. The molecule has 0 spiro atoms. The van der Waals surface area contributed by atoms with E-state index >= 15 is 0 Å². The Labute approximate surface area is 466 Å². The molecule has 0 heterocycles. The fraction of sp³-hybridized carbons (Fsp3) is 0.618. The molecule has 0 bridgehead atoms. The molecule has 8 rings (SSSR count). The standard InChI is InChI=1S/C37H56O4Si.C31H42O4/c1-8-9-11-15-27(2)20-21-31-32-22-29-18-14-19-34(39-26-36(38)40-25-28-16-12-10-13-17-28)33(29)23-30(32)24-35(31)41-42(6,7)37(3,4)5;1-3-4-6-10-22(2)15-16-26-27-17-24-13-9-14-30(28(24)18-25(27)19-29(26)32)34-21-31(33)35-20-23-11-7-5-8-12-23/h10,12-14,16-19,27,30-32,35H,8-9,11,15,20-26H2,1-7H3;5,7-9,11-14,22,25-27,29,32H,3-4,6,10,15-21H2,1-2H3. The van der Waals surface area contributed by atoms with Crippen molar-refractivity contribution in [2.45, 2.75) is 208 Å². The Morgan fingerprint density at radius 1 is 0.584 bits per heavy atom. The molecule has 1 N–H and O–H groups in total. The molecule has 4 aliphatic carbocycles. The maximum Gasteiger partial charge on any atom is 0.344 e. The molecule has 4 aromatic carbocycles. The monoisotopic (exact) mass is 1070 g/mol. The van der Waals surface area contributed by atoms with Crippen molar-refractivity contribution in [3.63, 3.8) is 0 Å². The highest BCUT2D eigenvalue weighted by molar-refractivity contribution is 6.74. The Morgan fingerprint density at radius 3 is 1.51 bits per heavy atom. The molecule has 0 aliphatic heterocycles. The predicted molar refractivity (Wildman–Crippen MR) is 314 cm³/mol. The minimum absolute atomic E-state index is 0.0625. The van der Waals surface area contributed by atoms with Gasteiger partial charge in [0.15, 0.2) is 21.5 Å². The molecule has 8 nitrogen and oxygen atoms in total. The van der Waals surface area contributed by atoms with Gasteiger partial charge in [0.05, 0.1) is 6.10 Å². The lowest BCUT2D eigenvalue weighted by atomic mass is 9.73. The number of ether oxygens (including phenoxy) is 4. The van der Waals surface area contributed by atoms with E-state index in [1.54, 1.807) is 0 Å². The summed E-state index contributed by atoms with van der Waals surface area (Å²) in [5, 5.41) is 11.1. The molecule has 2 saturated carbocycles. The summed E-state index contributed by atoms with van der Waals surface area (Å²) in [7, 11) is -1.88. The van der Waals surface area contributed by atoms with Gasteiger partial charge >= 0.3 is 11.9 Å². The molecule has 422 valence electrons. The molecule has 2 fully saturated rings. The maximum absolute atomic E-state index is 12.5. The fourth-order valence-electron chi connectivity index (χ4n) is 13.1. The second-order valence-electron chi connectivity index (χ2n) is 25.5. The van der Waals surface area contributed by atoms with E-state index in [4.69, 9.17) is 23.4 Å². The van der Waals surface area contributed by atoms with Crippen LogP contribution in [0, 0.1) is 47.3 Å². The van der Waals surface area contributed by atoms with E-state index in [9.17, 15) is 14.7 Å². The highest BCUT2D eigenvalue weighted by atomic mass is 28.4. The van der Waals surface area contributed by atoms with E-state index < -0.39 is 8.32 Å². The van der Waals surface area contributed by atoms with Gasteiger partial charge in [-0.3, -0.25) is 0 Å². The molecule has 10 unspecified atom stereocenters. The van der Waals surface area contributed by atoms with Crippen molar-refractivity contribution in [1.82, 2.24) is 0 Å². The van der Waals surface area contributed by atoms with E-state index in [0.29, 0.717) is 41.6 Å². The van der Waals surface area contributed by atoms with E-state index in [-0.39, 0.29) is 49.5 Å². The SMILES string of the molecule is CCCCCC(C)CCC1C(O)CC2Cc3c(cccc3OCC(=O)OCc3ccccc3)CC21.CCCCCC(C)CCC1C(O[Si](C)(C)C(C)(C)C)CC2Cc3c(cccc3OCC(=O)OCc3ccccc3)CC21. The highest BCUT2D eigenvalue weighted by Crippen LogP contribution is 2.52. The van der Waals surface area contributed by atoms with Crippen LogP contribution in [0.4, 0.5) is 0 Å². The Hall–Kier alpha value is -4.44. The number of hydrogen-bond acceptors (Lipinski definition) is 8. The quantitative estimate of drug-likeness (QED) is 0.0377. The number of aliphatic hydroxyl groups is 1. The number of carbonyl (C=O) groups excluding carboxylic acids is 2. The van der Waals surface area contributed by atoms with Crippen molar-refractivity contribution in [3.8, 4) is 11.5 Å². The first-order chi connectivity index (χ1) is 37.0. The molecular formula is C68H98O8Si. The average Bonchev–Trinajstić information content (AvgIpc) is 3.95. The molecule has 10 atom stereocenters. The van der Waals surface area contributed by atoms with Gasteiger partial charge in [0.2, 0.25) is 0 Å². The Balaban J connectivity index is 0.000000227. The number of hydrogen-bond donors (Lipinski definition) is 1. The second-order valence-corrected chi connectivity index (χ2v) is 30.2. The summed E-state index contributed by atoms with van der Waals surface area (Å²) in [6, 6.07) is 32.0. The summed E-state index contributed by atoms with van der Waals surface area (Å²) < 4.78 is 30.1. The lowest BCUT2D eigenvalue weighted by Gasteiger charge is -2.40. The largest absolute Gasteiger partial charge is 0.482 e.